The molecule has 2 aliphatic heterocycles. The first kappa shape index (κ1) is 16.5. The maximum atomic E-state index is 13.9. The van der Waals surface area contributed by atoms with Crippen LogP contribution in [-0.4, -0.2) is 48.7 Å². The van der Waals surface area contributed by atoms with E-state index in [1.807, 2.05) is 22.4 Å². The first-order valence-corrected chi connectivity index (χ1v) is 9.15. The van der Waals surface area contributed by atoms with Gasteiger partial charge in [-0.05, 0) is 23.6 Å². The van der Waals surface area contributed by atoms with E-state index in [0.29, 0.717) is 26.2 Å². The molecular formula is C18H19FN2O3S. The Morgan fingerprint density at radius 3 is 2.84 bits per heavy atom. The number of thiophene rings is 1. The molecule has 1 saturated heterocycles. The number of ether oxygens (including phenoxy) is 2. The average molecular weight is 362 g/mol. The van der Waals surface area contributed by atoms with Crippen LogP contribution in [-0.2, 0) is 17.9 Å². The second-order valence-corrected chi connectivity index (χ2v) is 7.16. The number of benzene rings is 1. The summed E-state index contributed by atoms with van der Waals surface area (Å²) in [6, 6.07) is 6.76. The lowest BCUT2D eigenvalue weighted by Crippen LogP contribution is -2.48. The van der Waals surface area contributed by atoms with E-state index in [2.05, 4.69) is 4.90 Å². The van der Waals surface area contributed by atoms with Gasteiger partial charge in [0, 0.05) is 43.9 Å². The molecule has 1 aromatic carbocycles. The molecule has 25 heavy (non-hydrogen) atoms. The summed E-state index contributed by atoms with van der Waals surface area (Å²) in [5.74, 6) is 0.567. The van der Waals surface area contributed by atoms with E-state index < -0.39 is 0 Å². The molecule has 1 fully saturated rings. The Balaban J connectivity index is 1.41. The largest absolute Gasteiger partial charge is 0.467 e. The molecule has 7 heteroatoms. The molecule has 0 atom stereocenters. The number of hydrogen-bond acceptors (Lipinski definition) is 5. The predicted molar refractivity (Wildman–Crippen MR) is 92.2 cm³/mol. The van der Waals surface area contributed by atoms with Crippen molar-refractivity contribution in [3.05, 3.63) is 51.5 Å². The second-order valence-electron chi connectivity index (χ2n) is 6.21. The molecule has 4 rings (SSSR count). The van der Waals surface area contributed by atoms with E-state index in [1.54, 1.807) is 0 Å². The smallest absolute Gasteiger partial charge is 0.264 e. The van der Waals surface area contributed by atoms with Gasteiger partial charge in [0.25, 0.3) is 5.91 Å². The molecule has 1 aromatic heterocycles. The van der Waals surface area contributed by atoms with Crippen LogP contribution < -0.4 is 4.74 Å². The van der Waals surface area contributed by atoms with Crippen molar-refractivity contribution in [2.75, 3.05) is 33.0 Å². The number of fused-ring (bicyclic) bond motifs is 1. The van der Waals surface area contributed by atoms with Crippen LogP contribution in [0.15, 0.2) is 29.6 Å². The fourth-order valence-electron chi connectivity index (χ4n) is 3.28. The molecule has 0 unspecified atom stereocenters. The standard InChI is InChI=1S/C18H19FN2O3S/c19-15-8-13(17-14(9-15)11-23-12-24-17)10-20-3-5-21(6-4-20)18(22)16-2-1-7-25-16/h1-2,7-9H,3-6,10-12H2. The minimum Gasteiger partial charge on any atom is -0.467 e. The lowest BCUT2D eigenvalue weighted by Gasteiger charge is -2.35. The highest BCUT2D eigenvalue weighted by Gasteiger charge is 2.24. The summed E-state index contributed by atoms with van der Waals surface area (Å²) in [7, 11) is 0. The zero-order chi connectivity index (χ0) is 17.2. The fraction of sp³-hybridized carbons (Fsp3) is 0.389. The van der Waals surface area contributed by atoms with Crippen LogP contribution in [0.1, 0.15) is 20.8 Å². The lowest BCUT2D eigenvalue weighted by molar-refractivity contribution is -0.0178. The van der Waals surface area contributed by atoms with Crippen molar-refractivity contribution in [3.63, 3.8) is 0 Å². The third kappa shape index (κ3) is 3.53. The van der Waals surface area contributed by atoms with Crippen molar-refractivity contribution in [1.29, 1.82) is 0 Å². The van der Waals surface area contributed by atoms with Crippen molar-refractivity contribution in [2.24, 2.45) is 0 Å². The Kier molecular flexibility index (Phi) is 4.70. The summed E-state index contributed by atoms with van der Waals surface area (Å²) < 4.78 is 24.7. The SMILES string of the molecule is O=C(c1cccs1)N1CCN(Cc2cc(F)cc3c2OCOC3)CC1. The molecule has 2 aliphatic rings. The van der Waals surface area contributed by atoms with Gasteiger partial charge in [-0.25, -0.2) is 4.39 Å². The molecular weight excluding hydrogens is 343 g/mol. The molecule has 0 aliphatic carbocycles. The monoisotopic (exact) mass is 362 g/mol. The van der Waals surface area contributed by atoms with Gasteiger partial charge in [0.2, 0.25) is 0 Å². The van der Waals surface area contributed by atoms with Crippen molar-refractivity contribution in [2.45, 2.75) is 13.2 Å². The predicted octanol–water partition coefficient (Wildman–Crippen LogP) is 2.71. The highest BCUT2D eigenvalue weighted by Crippen LogP contribution is 2.30. The van der Waals surface area contributed by atoms with E-state index >= 15 is 0 Å². The highest BCUT2D eigenvalue weighted by atomic mass is 32.1. The topological polar surface area (TPSA) is 42.0 Å². The number of amides is 1. The highest BCUT2D eigenvalue weighted by molar-refractivity contribution is 7.12. The van der Waals surface area contributed by atoms with Crippen LogP contribution in [0, 0.1) is 5.82 Å². The Bertz CT molecular complexity index is 758. The molecule has 3 heterocycles. The van der Waals surface area contributed by atoms with Crippen LogP contribution in [0.3, 0.4) is 0 Å². The molecule has 0 spiro atoms. The first-order valence-electron chi connectivity index (χ1n) is 8.27. The van der Waals surface area contributed by atoms with Gasteiger partial charge in [-0.3, -0.25) is 9.69 Å². The van der Waals surface area contributed by atoms with E-state index in [9.17, 15) is 9.18 Å². The first-order chi connectivity index (χ1) is 12.2. The van der Waals surface area contributed by atoms with Gasteiger partial charge in [0.1, 0.15) is 11.6 Å². The average Bonchev–Trinajstić information content (AvgIpc) is 3.16. The molecule has 0 bridgehead atoms. The summed E-state index contributed by atoms with van der Waals surface area (Å²) >= 11 is 1.47. The summed E-state index contributed by atoms with van der Waals surface area (Å²) in [5, 5.41) is 1.92. The zero-order valence-corrected chi connectivity index (χ0v) is 14.6. The van der Waals surface area contributed by atoms with E-state index in [-0.39, 0.29) is 18.5 Å². The molecule has 0 radical (unpaired) electrons. The van der Waals surface area contributed by atoms with Crippen LogP contribution in [0.25, 0.3) is 0 Å². The number of hydrogen-bond donors (Lipinski definition) is 0. The normalized spacial score (nSPS) is 17.9. The van der Waals surface area contributed by atoms with Gasteiger partial charge in [0.05, 0.1) is 11.5 Å². The van der Waals surface area contributed by atoms with E-state index in [4.69, 9.17) is 9.47 Å². The summed E-state index contributed by atoms with van der Waals surface area (Å²) in [5.41, 5.74) is 1.60. The number of halogens is 1. The Morgan fingerprint density at radius 1 is 1.24 bits per heavy atom. The van der Waals surface area contributed by atoms with Crippen LogP contribution >= 0.6 is 11.3 Å². The van der Waals surface area contributed by atoms with Crippen molar-refractivity contribution in [1.82, 2.24) is 9.80 Å². The van der Waals surface area contributed by atoms with Gasteiger partial charge in [-0.15, -0.1) is 11.3 Å². The third-order valence-electron chi connectivity index (χ3n) is 4.54. The van der Waals surface area contributed by atoms with Gasteiger partial charge >= 0.3 is 0 Å². The van der Waals surface area contributed by atoms with Crippen LogP contribution in [0.2, 0.25) is 0 Å². The summed E-state index contributed by atoms with van der Waals surface area (Å²) in [6.45, 7) is 4.08. The number of nitrogens with zero attached hydrogens (tertiary/aromatic N) is 2. The maximum Gasteiger partial charge on any atom is 0.264 e. The van der Waals surface area contributed by atoms with E-state index in [1.165, 1.54) is 23.5 Å². The van der Waals surface area contributed by atoms with Crippen molar-refractivity contribution >= 4 is 17.2 Å². The van der Waals surface area contributed by atoms with Crippen molar-refractivity contribution in [3.8, 4) is 5.75 Å². The Labute approximate surface area is 149 Å². The van der Waals surface area contributed by atoms with Gasteiger partial charge in [-0.2, -0.15) is 0 Å². The number of piperazine rings is 1. The number of rotatable bonds is 3. The van der Waals surface area contributed by atoms with Crippen LogP contribution in [0.4, 0.5) is 4.39 Å². The molecule has 132 valence electrons. The summed E-state index contributed by atoms with van der Waals surface area (Å²) in [6.07, 6.45) is 0. The molecule has 2 aromatic rings. The quantitative estimate of drug-likeness (QED) is 0.842. The zero-order valence-electron chi connectivity index (χ0n) is 13.7. The Hall–Kier alpha value is -1.96. The maximum absolute atomic E-state index is 13.9. The van der Waals surface area contributed by atoms with Gasteiger partial charge in [0.15, 0.2) is 6.79 Å². The van der Waals surface area contributed by atoms with Crippen LogP contribution in [0.5, 0.6) is 5.75 Å². The molecule has 5 nitrogen and oxygen atoms in total. The van der Waals surface area contributed by atoms with Gasteiger partial charge < -0.3 is 14.4 Å². The van der Waals surface area contributed by atoms with E-state index in [0.717, 1.165) is 34.8 Å². The molecule has 0 saturated carbocycles. The Morgan fingerprint density at radius 2 is 2.08 bits per heavy atom. The van der Waals surface area contributed by atoms with Gasteiger partial charge in [-0.1, -0.05) is 6.07 Å². The third-order valence-corrected chi connectivity index (χ3v) is 5.39. The van der Waals surface area contributed by atoms with Crippen molar-refractivity contribution < 1.29 is 18.7 Å². The minimum atomic E-state index is -0.269. The lowest BCUT2D eigenvalue weighted by atomic mass is 10.1. The molecule has 1 amide bonds. The number of carbonyl (C=O) groups is 1. The second kappa shape index (κ2) is 7.11. The fourth-order valence-corrected chi connectivity index (χ4v) is 3.97. The number of carbonyl (C=O) groups excluding carboxylic acids is 1. The summed E-state index contributed by atoms with van der Waals surface area (Å²) in [4.78, 5) is 17.3. The minimum absolute atomic E-state index is 0.0956. The molecule has 0 N–H and O–H groups in total.